The first kappa shape index (κ1) is 18.5. The van der Waals surface area contributed by atoms with Crippen LogP contribution in [0.5, 0.6) is 0 Å². The molecule has 28 heavy (non-hydrogen) atoms. The van der Waals surface area contributed by atoms with Gasteiger partial charge in [0.25, 0.3) is 5.91 Å². The number of aromatic nitrogens is 3. The van der Waals surface area contributed by atoms with Gasteiger partial charge in [0.15, 0.2) is 0 Å². The van der Waals surface area contributed by atoms with E-state index in [9.17, 15) is 9.59 Å². The Labute approximate surface area is 164 Å². The second kappa shape index (κ2) is 6.65. The molecule has 4 rings (SSSR count). The van der Waals surface area contributed by atoms with Crippen molar-refractivity contribution in [3.63, 3.8) is 0 Å². The molecule has 1 unspecified atom stereocenters. The molecule has 1 fully saturated rings. The molecule has 146 valence electrons. The number of rotatable bonds is 2. The number of hydrogen-bond donors (Lipinski definition) is 0. The van der Waals surface area contributed by atoms with Crippen LogP contribution >= 0.6 is 0 Å². The molecule has 0 bridgehead atoms. The highest BCUT2D eigenvalue weighted by atomic mass is 16.2. The monoisotopic (exact) mass is 379 g/mol. The molecule has 2 aromatic heterocycles. The molecular weight excluding hydrogens is 354 g/mol. The van der Waals surface area contributed by atoms with Gasteiger partial charge in [0, 0.05) is 42.5 Å². The second-order valence-electron chi connectivity index (χ2n) is 8.12. The summed E-state index contributed by atoms with van der Waals surface area (Å²) in [5.74, 6) is 1.40. The van der Waals surface area contributed by atoms with Gasteiger partial charge in [-0.2, -0.15) is 0 Å². The fourth-order valence-electron chi connectivity index (χ4n) is 4.14. The summed E-state index contributed by atoms with van der Waals surface area (Å²) in [5.41, 5.74) is 2.70. The molecule has 2 aliphatic heterocycles. The molecule has 4 heterocycles. The first-order valence-corrected chi connectivity index (χ1v) is 9.66. The Morgan fingerprint density at radius 2 is 1.96 bits per heavy atom. The van der Waals surface area contributed by atoms with Crippen LogP contribution in [0.1, 0.15) is 53.0 Å². The molecule has 0 saturated carbocycles. The van der Waals surface area contributed by atoms with Crippen LogP contribution in [-0.2, 0) is 16.6 Å². The van der Waals surface area contributed by atoms with Crippen molar-refractivity contribution >= 4 is 17.6 Å². The maximum atomic E-state index is 13.0. The van der Waals surface area contributed by atoms with E-state index < -0.39 is 0 Å². The third-order valence-electron chi connectivity index (χ3n) is 5.84. The second-order valence-corrected chi connectivity index (χ2v) is 8.12. The number of carbonyl (C=O) groups is 2. The minimum atomic E-state index is -0.357. The molecule has 2 aliphatic rings. The third kappa shape index (κ3) is 3.04. The van der Waals surface area contributed by atoms with Gasteiger partial charge in [-0.15, -0.1) is 0 Å². The largest absolute Gasteiger partial charge is 0.336 e. The van der Waals surface area contributed by atoms with Crippen molar-refractivity contribution in [1.82, 2.24) is 19.9 Å². The number of carbonyl (C=O) groups excluding carboxylic acids is 2. The van der Waals surface area contributed by atoms with Gasteiger partial charge < -0.3 is 4.90 Å². The van der Waals surface area contributed by atoms with Gasteiger partial charge in [-0.3, -0.25) is 14.5 Å². The Kier molecular flexibility index (Phi) is 4.40. The number of hydrogen-bond acceptors (Lipinski definition) is 5. The van der Waals surface area contributed by atoms with Crippen LogP contribution in [-0.4, -0.2) is 51.8 Å². The van der Waals surface area contributed by atoms with Crippen LogP contribution in [0.3, 0.4) is 0 Å². The molecule has 0 aliphatic carbocycles. The Morgan fingerprint density at radius 1 is 1.18 bits per heavy atom. The lowest BCUT2D eigenvalue weighted by atomic mass is 9.80. The van der Waals surface area contributed by atoms with E-state index >= 15 is 0 Å². The van der Waals surface area contributed by atoms with Gasteiger partial charge in [-0.05, 0) is 38.8 Å². The van der Waals surface area contributed by atoms with Crippen molar-refractivity contribution in [1.29, 1.82) is 0 Å². The van der Waals surface area contributed by atoms with Crippen LogP contribution in [0, 0.1) is 13.8 Å². The quantitative estimate of drug-likeness (QED) is 0.799. The highest BCUT2D eigenvalue weighted by Gasteiger charge is 2.39. The van der Waals surface area contributed by atoms with Gasteiger partial charge in [0.05, 0.1) is 6.42 Å². The number of anilines is 1. The Hall–Kier alpha value is -2.83. The average molecular weight is 379 g/mol. The molecule has 1 atom stereocenters. The maximum Gasteiger partial charge on any atom is 0.272 e. The predicted octanol–water partition coefficient (Wildman–Crippen LogP) is 2.20. The zero-order valence-corrected chi connectivity index (χ0v) is 16.8. The number of likely N-dealkylation sites (tertiary alicyclic amines) is 1. The van der Waals surface area contributed by atoms with Crippen LogP contribution < -0.4 is 4.90 Å². The van der Waals surface area contributed by atoms with Crippen molar-refractivity contribution < 1.29 is 9.59 Å². The lowest BCUT2D eigenvalue weighted by molar-refractivity contribution is -0.117. The van der Waals surface area contributed by atoms with E-state index in [1.807, 2.05) is 30.9 Å². The van der Waals surface area contributed by atoms with Gasteiger partial charge in [-0.1, -0.05) is 13.0 Å². The number of piperidine rings is 1. The van der Waals surface area contributed by atoms with E-state index in [1.54, 1.807) is 18.0 Å². The number of amides is 2. The summed E-state index contributed by atoms with van der Waals surface area (Å²) >= 11 is 0. The summed E-state index contributed by atoms with van der Waals surface area (Å²) in [6.45, 7) is 7.16. The lowest BCUT2D eigenvalue weighted by Gasteiger charge is -2.39. The summed E-state index contributed by atoms with van der Waals surface area (Å²) < 4.78 is 0. The minimum Gasteiger partial charge on any atom is -0.336 e. The minimum absolute atomic E-state index is 0.0423. The van der Waals surface area contributed by atoms with E-state index in [4.69, 9.17) is 9.97 Å². The molecule has 1 saturated heterocycles. The summed E-state index contributed by atoms with van der Waals surface area (Å²) in [5, 5.41) is 0. The van der Waals surface area contributed by atoms with Crippen molar-refractivity contribution in [2.75, 3.05) is 25.0 Å². The van der Waals surface area contributed by atoms with E-state index in [2.05, 4.69) is 11.9 Å². The van der Waals surface area contributed by atoms with Gasteiger partial charge in [0.1, 0.15) is 17.3 Å². The first-order valence-electron chi connectivity index (χ1n) is 9.66. The van der Waals surface area contributed by atoms with Crippen molar-refractivity contribution in [2.24, 2.45) is 0 Å². The lowest BCUT2D eigenvalue weighted by Crippen LogP contribution is -2.48. The van der Waals surface area contributed by atoms with Gasteiger partial charge in [0.2, 0.25) is 5.91 Å². The number of fused-ring (bicyclic) bond motifs is 1. The zero-order chi connectivity index (χ0) is 20.1. The van der Waals surface area contributed by atoms with Crippen LogP contribution in [0.2, 0.25) is 0 Å². The topological polar surface area (TPSA) is 79.3 Å². The maximum absolute atomic E-state index is 13.0. The number of likely N-dealkylation sites (N-methyl/N-ethyl adjacent to an activating group) is 1. The van der Waals surface area contributed by atoms with Gasteiger partial charge in [-0.25, -0.2) is 15.0 Å². The van der Waals surface area contributed by atoms with E-state index in [-0.39, 0.29) is 17.2 Å². The normalized spacial score (nSPS) is 21.8. The smallest absolute Gasteiger partial charge is 0.272 e. The first-order chi connectivity index (χ1) is 13.3. The molecule has 0 N–H and O–H groups in total. The van der Waals surface area contributed by atoms with Crippen LogP contribution in [0.15, 0.2) is 18.2 Å². The van der Waals surface area contributed by atoms with Crippen molar-refractivity contribution in [2.45, 2.75) is 45.4 Å². The molecule has 2 amide bonds. The summed E-state index contributed by atoms with van der Waals surface area (Å²) in [4.78, 5) is 42.4. The number of aryl methyl sites for hydroxylation is 2. The predicted molar refractivity (Wildman–Crippen MR) is 105 cm³/mol. The third-order valence-corrected chi connectivity index (χ3v) is 5.84. The molecule has 0 radical (unpaired) electrons. The summed E-state index contributed by atoms with van der Waals surface area (Å²) in [6, 6.07) is 5.51. The number of pyridine rings is 1. The fourth-order valence-corrected chi connectivity index (χ4v) is 4.14. The van der Waals surface area contributed by atoms with Crippen molar-refractivity contribution in [3.8, 4) is 0 Å². The Balaban J connectivity index is 1.64. The molecule has 0 spiro atoms. The SMILES string of the molecule is Cc1cccc(C(=O)N2CCCC(C)(c3nc(C)c4c(n3)N(C)C(=O)C4)C2)n1. The van der Waals surface area contributed by atoms with Crippen molar-refractivity contribution in [3.05, 3.63) is 46.7 Å². The molecule has 2 aromatic rings. The molecule has 7 nitrogen and oxygen atoms in total. The highest BCUT2D eigenvalue weighted by Crippen LogP contribution is 2.36. The fraction of sp³-hybridized carbons (Fsp3) is 0.476. The number of nitrogens with zero attached hydrogens (tertiary/aromatic N) is 5. The summed E-state index contributed by atoms with van der Waals surface area (Å²) in [6.07, 6.45) is 2.13. The molecular formula is C21H25N5O2. The molecule has 7 heteroatoms. The van der Waals surface area contributed by atoms with Crippen LogP contribution in [0.4, 0.5) is 5.82 Å². The Morgan fingerprint density at radius 3 is 2.71 bits per heavy atom. The zero-order valence-electron chi connectivity index (χ0n) is 16.8. The van der Waals surface area contributed by atoms with E-state index in [0.717, 1.165) is 29.8 Å². The van der Waals surface area contributed by atoms with E-state index in [0.29, 0.717) is 36.8 Å². The molecule has 0 aromatic carbocycles. The van der Waals surface area contributed by atoms with Crippen LogP contribution in [0.25, 0.3) is 0 Å². The van der Waals surface area contributed by atoms with E-state index in [1.165, 1.54) is 0 Å². The van der Waals surface area contributed by atoms with Gasteiger partial charge >= 0.3 is 0 Å². The Bertz CT molecular complexity index is 973. The average Bonchev–Trinajstić information content (AvgIpc) is 2.96. The highest BCUT2D eigenvalue weighted by molar-refractivity contribution is 6.00. The standard InChI is InChI=1S/C21H25N5O2/c1-13-7-5-8-16(22-13)19(28)26-10-6-9-21(3,12-26)20-23-14(2)15-11-17(27)25(4)18(15)24-20/h5,7-8H,6,9-12H2,1-4H3. The summed E-state index contributed by atoms with van der Waals surface area (Å²) in [7, 11) is 1.76.